The van der Waals surface area contributed by atoms with Gasteiger partial charge in [0.2, 0.25) is 0 Å². The van der Waals surface area contributed by atoms with Gasteiger partial charge in [0.05, 0.1) is 17.2 Å². The van der Waals surface area contributed by atoms with Crippen molar-refractivity contribution in [2.75, 3.05) is 13.4 Å². The molecule has 0 saturated carbocycles. The molecule has 0 aliphatic heterocycles. The van der Waals surface area contributed by atoms with Crippen molar-refractivity contribution in [3.05, 3.63) is 29.3 Å². The molecule has 0 radical (unpaired) electrons. The zero-order valence-electron chi connectivity index (χ0n) is 10.1. The van der Waals surface area contributed by atoms with Crippen LogP contribution in [0.15, 0.2) is 18.2 Å². The van der Waals surface area contributed by atoms with E-state index in [9.17, 15) is 0 Å². The highest BCUT2D eigenvalue weighted by molar-refractivity contribution is 7.84. The smallest absolute Gasteiger partial charge is 0.119 e. The van der Waals surface area contributed by atoms with Crippen molar-refractivity contribution in [2.45, 2.75) is 25.7 Å². The lowest BCUT2D eigenvalue weighted by Gasteiger charge is -2.15. The molecule has 0 heterocycles. The van der Waals surface area contributed by atoms with E-state index in [2.05, 4.69) is 18.2 Å². The van der Waals surface area contributed by atoms with Crippen LogP contribution in [0.25, 0.3) is 0 Å². The Hall–Kier alpha value is -1.07. The van der Waals surface area contributed by atoms with Crippen molar-refractivity contribution >= 4 is 10.1 Å². The number of aryl methyl sites for hydroxylation is 2. The molecule has 0 fully saturated rings. The fraction of sp³-hybridized carbons (Fsp3) is 0.500. The molecule has 1 aliphatic rings. The normalized spacial score (nSPS) is 14.3. The molecule has 0 aromatic heterocycles. The maximum Gasteiger partial charge on any atom is 0.119 e. The number of hydrogen-bond donors (Lipinski definition) is 0. The predicted octanol–water partition coefficient (Wildman–Crippen LogP) is 1.74. The second-order valence-corrected chi connectivity index (χ2v) is 5.45. The molecule has 0 saturated heterocycles. The van der Waals surface area contributed by atoms with Crippen LogP contribution in [0.5, 0.6) is 5.75 Å². The van der Waals surface area contributed by atoms with Crippen molar-refractivity contribution < 1.29 is 17.7 Å². The Labute approximate surface area is 102 Å². The summed E-state index contributed by atoms with van der Waals surface area (Å²) < 4.78 is 32.4. The summed E-state index contributed by atoms with van der Waals surface area (Å²) in [5.41, 5.74) is 3.00. The number of hydrogen-bond acceptors (Lipinski definition) is 4. The number of benzene rings is 1. The fourth-order valence-electron chi connectivity index (χ4n) is 1.84. The highest BCUT2D eigenvalue weighted by Gasteiger charge is 2.08. The van der Waals surface area contributed by atoms with Gasteiger partial charge in [0, 0.05) is 6.26 Å². The first-order valence-corrected chi connectivity index (χ1v) is 7.28. The fourth-order valence-corrected chi connectivity index (χ4v) is 1.84. The van der Waals surface area contributed by atoms with Crippen LogP contribution in [0.2, 0.25) is 0 Å². The molecule has 0 atom stereocenters. The van der Waals surface area contributed by atoms with Crippen LogP contribution in [0.4, 0.5) is 0 Å². The highest BCUT2D eigenvalue weighted by atomic mass is 32.2. The van der Waals surface area contributed by atoms with E-state index in [1.54, 1.807) is 7.11 Å². The van der Waals surface area contributed by atoms with Crippen LogP contribution < -0.4 is 4.74 Å². The van der Waals surface area contributed by atoms with E-state index in [4.69, 9.17) is 17.7 Å². The second-order valence-electron chi connectivity index (χ2n) is 4.05. The average Bonchev–Trinajstić information content (AvgIpc) is 2.26. The zero-order chi connectivity index (χ0) is 12.9. The largest absolute Gasteiger partial charge is 0.748 e. The van der Waals surface area contributed by atoms with Crippen LogP contribution in [0.3, 0.4) is 0 Å². The van der Waals surface area contributed by atoms with Gasteiger partial charge in [0.25, 0.3) is 0 Å². The van der Waals surface area contributed by atoms with Crippen LogP contribution in [0.1, 0.15) is 24.0 Å². The van der Waals surface area contributed by atoms with E-state index in [1.807, 2.05) is 0 Å². The Morgan fingerprint density at radius 1 is 1.18 bits per heavy atom. The molecule has 0 spiro atoms. The minimum atomic E-state index is -3.92. The van der Waals surface area contributed by atoms with Gasteiger partial charge in [-0.2, -0.15) is 0 Å². The Bertz CT molecular complexity index is 457. The van der Waals surface area contributed by atoms with Crippen LogP contribution in [-0.2, 0) is 23.0 Å². The number of fused-ring (bicyclic) bond motifs is 1. The van der Waals surface area contributed by atoms with Crippen LogP contribution in [-0.4, -0.2) is 26.3 Å². The maximum atomic E-state index is 9.08. The second kappa shape index (κ2) is 6.02. The Morgan fingerprint density at radius 2 is 1.71 bits per heavy atom. The van der Waals surface area contributed by atoms with Gasteiger partial charge in [-0.15, -0.1) is 0 Å². The van der Waals surface area contributed by atoms with E-state index < -0.39 is 10.1 Å². The van der Waals surface area contributed by atoms with Crippen molar-refractivity contribution in [1.29, 1.82) is 0 Å². The molecule has 4 nitrogen and oxygen atoms in total. The average molecular weight is 257 g/mol. The monoisotopic (exact) mass is 257 g/mol. The first kappa shape index (κ1) is 14.0. The maximum absolute atomic E-state index is 9.08. The van der Waals surface area contributed by atoms with Crippen molar-refractivity contribution in [3.63, 3.8) is 0 Å². The van der Waals surface area contributed by atoms with Crippen LogP contribution in [0, 0.1) is 0 Å². The quantitative estimate of drug-likeness (QED) is 0.719. The van der Waals surface area contributed by atoms with Gasteiger partial charge in [-0.25, -0.2) is 8.42 Å². The SMILES string of the molecule is COc1ccc2c(c1)CCCC2.CS(=O)(=O)[O-]. The van der Waals surface area contributed by atoms with Gasteiger partial charge in [0.1, 0.15) is 5.75 Å². The van der Waals surface area contributed by atoms with Crippen molar-refractivity contribution in [1.82, 2.24) is 0 Å². The molecule has 1 aromatic carbocycles. The molecule has 0 bridgehead atoms. The van der Waals surface area contributed by atoms with Crippen LogP contribution >= 0.6 is 0 Å². The molecule has 17 heavy (non-hydrogen) atoms. The summed E-state index contributed by atoms with van der Waals surface area (Å²) in [4.78, 5) is 0. The van der Waals surface area contributed by atoms with E-state index in [1.165, 1.54) is 36.8 Å². The van der Waals surface area contributed by atoms with E-state index >= 15 is 0 Å². The molecule has 5 heteroatoms. The van der Waals surface area contributed by atoms with E-state index in [0.29, 0.717) is 6.26 Å². The van der Waals surface area contributed by atoms with E-state index in [-0.39, 0.29) is 0 Å². The topological polar surface area (TPSA) is 66.4 Å². The summed E-state index contributed by atoms with van der Waals surface area (Å²) in [7, 11) is -2.19. The summed E-state index contributed by atoms with van der Waals surface area (Å²) in [5.74, 6) is 0.996. The molecule has 2 rings (SSSR count). The molecular formula is C12H17O4S-. The van der Waals surface area contributed by atoms with Gasteiger partial charge in [0.15, 0.2) is 0 Å². The minimum Gasteiger partial charge on any atom is -0.748 e. The predicted molar refractivity (Wildman–Crippen MR) is 65.3 cm³/mol. The molecule has 1 aromatic rings. The van der Waals surface area contributed by atoms with Gasteiger partial charge in [-0.3, -0.25) is 0 Å². The third-order valence-electron chi connectivity index (χ3n) is 2.56. The Balaban J connectivity index is 0.000000249. The van der Waals surface area contributed by atoms with Gasteiger partial charge in [-0.05, 0) is 48.9 Å². The zero-order valence-corrected chi connectivity index (χ0v) is 10.9. The summed E-state index contributed by atoms with van der Waals surface area (Å²) in [5, 5.41) is 0. The number of methoxy groups -OCH3 is 1. The van der Waals surface area contributed by atoms with Gasteiger partial charge >= 0.3 is 0 Å². The molecule has 0 unspecified atom stereocenters. The standard InChI is InChI=1S/C11H14O.CH4O3S/c1-12-11-7-6-9-4-2-3-5-10(9)8-11;1-5(2,3)4/h6-8H,2-5H2,1H3;1H3,(H,2,3,4)/p-1. The first-order chi connectivity index (χ1) is 7.90. The summed E-state index contributed by atoms with van der Waals surface area (Å²) >= 11 is 0. The summed E-state index contributed by atoms with van der Waals surface area (Å²) in [6, 6.07) is 6.44. The lowest BCUT2D eigenvalue weighted by Crippen LogP contribution is -2.02. The van der Waals surface area contributed by atoms with Crippen molar-refractivity contribution in [2.24, 2.45) is 0 Å². The molecule has 1 aliphatic carbocycles. The molecular weight excluding hydrogens is 240 g/mol. The minimum absolute atomic E-state index is 0.604. The number of rotatable bonds is 1. The van der Waals surface area contributed by atoms with Gasteiger partial charge < -0.3 is 9.29 Å². The Morgan fingerprint density at radius 3 is 2.24 bits per heavy atom. The highest BCUT2D eigenvalue weighted by Crippen LogP contribution is 2.24. The molecule has 0 N–H and O–H groups in total. The van der Waals surface area contributed by atoms with E-state index in [0.717, 1.165) is 5.75 Å². The Kier molecular flexibility index (Phi) is 4.96. The third kappa shape index (κ3) is 5.70. The lowest BCUT2D eigenvalue weighted by molar-refractivity contribution is 0.413. The molecule has 0 amide bonds. The van der Waals surface area contributed by atoms with Crippen molar-refractivity contribution in [3.8, 4) is 5.75 Å². The lowest BCUT2D eigenvalue weighted by atomic mass is 9.92. The third-order valence-corrected chi connectivity index (χ3v) is 2.56. The summed E-state index contributed by atoms with van der Waals surface area (Å²) in [6.45, 7) is 0. The summed E-state index contributed by atoms with van der Waals surface area (Å²) in [6.07, 6.45) is 5.76. The van der Waals surface area contributed by atoms with Gasteiger partial charge in [-0.1, -0.05) is 6.07 Å². The first-order valence-electron chi connectivity index (χ1n) is 5.47. The molecule has 96 valence electrons. The number of ether oxygens (including phenoxy) is 1.